The number of nitrogens with zero attached hydrogens (tertiary/aromatic N) is 4. The molecular weight excluding hydrogens is 442 g/mol. The number of fused-ring (bicyclic) bond motifs is 1. The van der Waals surface area contributed by atoms with E-state index in [4.69, 9.17) is 10.00 Å². The number of nitriles is 1. The summed E-state index contributed by atoms with van der Waals surface area (Å²) in [5.41, 5.74) is 3.08. The Bertz CT molecular complexity index is 1360. The van der Waals surface area contributed by atoms with Crippen LogP contribution in [0.3, 0.4) is 0 Å². The summed E-state index contributed by atoms with van der Waals surface area (Å²) in [5, 5.41) is 11.7. The zero-order valence-electron chi connectivity index (χ0n) is 19.4. The Morgan fingerprint density at radius 3 is 2.66 bits per heavy atom. The maximum Gasteiger partial charge on any atom is 0.328 e. The van der Waals surface area contributed by atoms with E-state index >= 15 is 0 Å². The fourth-order valence-electron chi connectivity index (χ4n) is 3.61. The molecule has 8 nitrogen and oxygen atoms in total. The van der Waals surface area contributed by atoms with Gasteiger partial charge in [-0.1, -0.05) is 17.9 Å². The van der Waals surface area contributed by atoms with Crippen LogP contribution in [0, 0.1) is 23.2 Å². The normalized spacial score (nSPS) is 12.1. The molecule has 3 heterocycles. The molecule has 0 atom stereocenters. The van der Waals surface area contributed by atoms with Crippen LogP contribution in [-0.4, -0.2) is 34.9 Å². The Labute approximate surface area is 203 Å². The number of pyridine rings is 2. The molecule has 0 saturated carbocycles. The van der Waals surface area contributed by atoms with Gasteiger partial charge in [-0.25, -0.2) is 14.8 Å². The summed E-state index contributed by atoms with van der Waals surface area (Å²) in [6, 6.07) is 13.8. The summed E-state index contributed by atoms with van der Waals surface area (Å²) in [4.78, 5) is 34.4. The highest BCUT2D eigenvalue weighted by atomic mass is 16.5. The first kappa shape index (κ1) is 23.5. The molecule has 35 heavy (non-hydrogen) atoms. The van der Waals surface area contributed by atoms with Crippen molar-refractivity contribution in [2.45, 2.75) is 32.8 Å². The van der Waals surface area contributed by atoms with Gasteiger partial charge < -0.3 is 4.74 Å². The average Bonchev–Trinajstić information content (AvgIpc) is 2.87. The zero-order chi connectivity index (χ0) is 24.8. The Kier molecular flexibility index (Phi) is 7.04. The Morgan fingerprint density at radius 1 is 1.17 bits per heavy atom. The van der Waals surface area contributed by atoms with Gasteiger partial charge >= 0.3 is 6.03 Å². The van der Waals surface area contributed by atoms with Crippen molar-refractivity contribution in [3.8, 4) is 23.7 Å². The molecule has 174 valence electrons. The lowest BCUT2D eigenvalue weighted by atomic mass is 10.1. The van der Waals surface area contributed by atoms with Gasteiger partial charge in [0.1, 0.15) is 23.1 Å². The number of benzene rings is 1. The van der Waals surface area contributed by atoms with Gasteiger partial charge in [0.2, 0.25) is 0 Å². The molecule has 4 rings (SSSR count). The number of carbonyl (C=O) groups excluding carboxylic acids is 2. The van der Waals surface area contributed by atoms with Gasteiger partial charge in [0.25, 0.3) is 0 Å². The highest BCUT2D eigenvalue weighted by molar-refractivity contribution is 6.01. The fraction of sp³-hybridized carbons (Fsp3) is 0.222. The van der Waals surface area contributed by atoms with Crippen LogP contribution in [0.4, 0.5) is 16.4 Å². The van der Waals surface area contributed by atoms with Gasteiger partial charge in [-0.2, -0.15) is 5.26 Å². The van der Waals surface area contributed by atoms with Crippen molar-refractivity contribution >= 4 is 24.0 Å². The number of carbonyl (C=O) groups is 2. The van der Waals surface area contributed by atoms with E-state index in [9.17, 15) is 9.59 Å². The quantitative estimate of drug-likeness (QED) is 0.454. The van der Waals surface area contributed by atoms with Gasteiger partial charge in [-0.05, 0) is 62.6 Å². The van der Waals surface area contributed by atoms with Gasteiger partial charge in [0.05, 0.1) is 23.3 Å². The maximum atomic E-state index is 13.1. The molecule has 3 aromatic rings. The third-order valence-corrected chi connectivity index (χ3v) is 5.25. The number of hydrogen-bond donors (Lipinski definition) is 1. The van der Waals surface area contributed by atoms with Crippen LogP contribution >= 0.6 is 0 Å². The number of aryl methyl sites for hydroxylation is 1. The molecule has 1 aliphatic rings. The van der Waals surface area contributed by atoms with E-state index in [0.29, 0.717) is 41.3 Å². The number of anilines is 2. The van der Waals surface area contributed by atoms with Crippen molar-refractivity contribution in [1.29, 1.82) is 5.26 Å². The van der Waals surface area contributed by atoms with Crippen LogP contribution in [0.5, 0.6) is 5.75 Å². The molecule has 1 aromatic carbocycles. The Morgan fingerprint density at radius 2 is 1.94 bits per heavy atom. The Balaban J connectivity index is 1.57. The SMILES string of the molecule is CC(C)Oc1cc(NC(=O)N2CCCc3ccc(C=O)nc32)ncc1C#Cc1ccc(C#N)cc1. The molecule has 0 aliphatic carbocycles. The average molecular weight is 466 g/mol. The number of rotatable bonds is 4. The van der Waals surface area contributed by atoms with E-state index in [1.54, 1.807) is 42.6 Å². The molecule has 0 fully saturated rings. The molecule has 2 amide bonds. The number of amides is 2. The molecule has 0 radical (unpaired) electrons. The summed E-state index contributed by atoms with van der Waals surface area (Å²) in [7, 11) is 0. The van der Waals surface area contributed by atoms with Crippen molar-refractivity contribution < 1.29 is 14.3 Å². The molecule has 0 spiro atoms. The lowest BCUT2D eigenvalue weighted by molar-refractivity contribution is 0.111. The maximum absolute atomic E-state index is 13.1. The highest BCUT2D eigenvalue weighted by Gasteiger charge is 2.25. The second-order valence-electron chi connectivity index (χ2n) is 8.19. The molecule has 0 saturated heterocycles. The van der Waals surface area contributed by atoms with Crippen molar-refractivity contribution in [2.24, 2.45) is 0 Å². The standard InChI is InChI=1S/C27H23N5O3/c1-18(2)35-24-14-25(29-16-22(24)10-9-19-5-7-20(15-28)8-6-19)31-27(34)32-13-3-4-21-11-12-23(17-33)30-26(21)32/h5-8,11-12,14,16-18H,3-4,13H2,1-2H3,(H,29,31,34). The smallest absolute Gasteiger partial charge is 0.328 e. The Hall–Kier alpha value is -4.69. The summed E-state index contributed by atoms with van der Waals surface area (Å²) in [5.74, 6) is 7.40. The van der Waals surface area contributed by atoms with E-state index in [1.807, 2.05) is 19.9 Å². The number of ether oxygens (including phenoxy) is 1. The summed E-state index contributed by atoms with van der Waals surface area (Å²) >= 11 is 0. The number of aldehydes is 1. The molecule has 1 aliphatic heterocycles. The van der Waals surface area contributed by atoms with Gasteiger partial charge in [0.15, 0.2) is 6.29 Å². The largest absolute Gasteiger partial charge is 0.490 e. The summed E-state index contributed by atoms with van der Waals surface area (Å²) < 4.78 is 5.92. The molecule has 1 N–H and O–H groups in total. The first-order valence-electron chi connectivity index (χ1n) is 11.2. The van der Waals surface area contributed by atoms with Crippen LogP contribution in [0.25, 0.3) is 0 Å². The topological polar surface area (TPSA) is 108 Å². The van der Waals surface area contributed by atoms with Crippen molar-refractivity contribution in [3.05, 3.63) is 76.6 Å². The summed E-state index contributed by atoms with van der Waals surface area (Å²) in [6.45, 7) is 4.28. The van der Waals surface area contributed by atoms with Crippen molar-refractivity contribution in [3.63, 3.8) is 0 Å². The van der Waals surface area contributed by atoms with Crippen LogP contribution in [0.2, 0.25) is 0 Å². The van der Waals surface area contributed by atoms with E-state index in [2.05, 4.69) is 33.2 Å². The minimum absolute atomic E-state index is 0.114. The third kappa shape index (κ3) is 5.63. The van der Waals surface area contributed by atoms with Crippen molar-refractivity contribution in [1.82, 2.24) is 9.97 Å². The lowest BCUT2D eigenvalue weighted by Gasteiger charge is -2.28. The zero-order valence-corrected chi connectivity index (χ0v) is 19.4. The number of urea groups is 1. The number of hydrogen-bond acceptors (Lipinski definition) is 6. The predicted molar refractivity (Wildman–Crippen MR) is 131 cm³/mol. The molecule has 2 aromatic heterocycles. The lowest BCUT2D eigenvalue weighted by Crippen LogP contribution is -2.39. The third-order valence-electron chi connectivity index (χ3n) is 5.25. The molecule has 8 heteroatoms. The first-order valence-corrected chi connectivity index (χ1v) is 11.2. The van der Waals surface area contributed by atoms with Crippen molar-refractivity contribution in [2.75, 3.05) is 16.8 Å². The first-order chi connectivity index (χ1) is 17.0. The van der Waals surface area contributed by atoms with Gasteiger partial charge in [0, 0.05) is 24.4 Å². The van der Waals surface area contributed by atoms with E-state index in [1.165, 1.54) is 4.90 Å². The second-order valence-corrected chi connectivity index (χ2v) is 8.19. The number of aromatic nitrogens is 2. The second kappa shape index (κ2) is 10.5. The molecule has 0 bridgehead atoms. The molecular formula is C27H23N5O3. The van der Waals surface area contributed by atoms with E-state index in [0.717, 1.165) is 24.0 Å². The van der Waals surface area contributed by atoms with Gasteiger partial charge in [-0.15, -0.1) is 0 Å². The van der Waals surface area contributed by atoms with Crippen LogP contribution in [0.1, 0.15) is 53.0 Å². The van der Waals surface area contributed by atoms with Crippen LogP contribution < -0.4 is 15.0 Å². The summed E-state index contributed by atoms with van der Waals surface area (Å²) in [6.07, 6.45) is 3.69. The monoisotopic (exact) mass is 465 g/mol. The highest BCUT2D eigenvalue weighted by Crippen LogP contribution is 2.27. The van der Waals surface area contributed by atoms with E-state index < -0.39 is 0 Å². The minimum atomic E-state index is -0.388. The minimum Gasteiger partial charge on any atom is -0.490 e. The van der Waals surface area contributed by atoms with E-state index in [-0.39, 0.29) is 17.8 Å². The van der Waals surface area contributed by atoms with Crippen LogP contribution in [-0.2, 0) is 6.42 Å². The van der Waals surface area contributed by atoms with Crippen LogP contribution in [0.15, 0.2) is 48.7 Å². The predicted octanol–water partition coefficient (Wildman–Crippen LogP) is 4.33. The molecule has 0 unspecified atom stereocenters. The number of nitrogens with one attached hydrogen (secondary N) is 1. The fourth-order valence-corrected chi connectivity index (χ4v) is 3.61. The van der Waals surface area contributed by atoms with Gasteiger partial charge in [-0.3, -0.25) is 15.0 Å².